The molecule has 0 aliphatic heterocycles. The Labute approximate surface area is 78.4 Å². The van der Waals surface area contributed by atoms with Crippen LogP contribution in [0, 0.1) is 0 Å². The predicted molar refractivity (Wildman–Crippen MR) is 45.9 cm³/mol. The Balaban J connectivity index is 2.52. The Bertz CT molecular complexity index is 450. The predicted octanol–water partition coefficient (Wildman–Crippen LogP) is -0.639. The third kappa shape index (κ3) is 1.30. The highest BCUT2D eigenvalue weighted by molar-refractivity contribution is 5.96. The Morgan fingerprint density at radius 2 is 2.36 bits per heavy atom. The fourth-order valence-corrected chi connectivity index (χ4v) is 1.04. The quantitative estimate of drug-likeness (QED) is 0.654. The van der Waals surface area contributed by atoms with Crippen LogP contribution in [-0.4, -0.2) is 31.3 Å². The lowest BCUT2D eigenvalue weighted by molar-refractivity contribution is 0.0996. The smallest absolute Gasteiger partial charge is 0.267 e. The molecule has 0 spiro atoms. The highest BCUT2D eigenvalue weighted by atomic mass is 16.1. The van der Waals surface area contributed by atoms with E-state index in [1.165, 1.54) is 12.5 Å². The van der Waals surface area contributed by atoms with Gasteiger partial charge in [0, 0.05) is 0 Å². The Kier molecular flexibility index (Phi) is 1.90. The number of amides is 1. The minimum atomic E-state index is -0.587. The zero-order chi connectivity index (χ0) is 9.97. The number of nitrogens with two attached hydrogens (primary N) is 1. The standard InChI is InChI=1S/C7H6N6O/c8-7(14)6-5(9-3-10-6)4-1-2-11-13-12-4/h1-3H,(H2,8,14)(H,9,10). The van der Waals surface area contributed by atoms with Gasteiger partial charge in [-0.2, -0.15) is 0 Å². The van der Waals surface area contributed by atoms with Crippen LogP contribution in [0.25, 0.3) is 11.4 Å². The van der Waals surface area contributed by atoms with Crippen molar-refractivity contribution in [3.63, 3.8) is 0 Å². The molecule has 3 N–H and O–H groups in total. The molecule has 2 rings (SSSR count). The summed E-state index contributed by atoms with van der Waals surface area (Å²) in [6, 6.07) is 1.59. The van der Waals surface area contributed by atoms with Gasteiger partial charge in [0.15, 0.2) is 0 Å². The number of primary amides is 1. The van der Waals surface area contributed by atoms with Crippen LogP contribution in [-0.2, 0) is 0 Å². The maximum absolute atomic E-state index is 10.9. The number of aromatic amines is 1. The van der Waals surface area contributed by atoms with Crippen LogP contribution in [0.3, 0.4) is 0 Å². The minimum Gasteiger partial charge on any atom is -0.364 e. The molecule has 7 heteroatoms. The lowest BCUT2D eigenvalue weighted by atomic mass is 10.2. The molecule has 1 amide bonds. The molecule has 0 aliphatic carbocycles. The van der Waals surface area contributed by atoms with E-state index in [1.807, 2.05) is 0 Å². The van der Waals surface area contributed by atoms with Crippen LogP contribution >= 0.6 is 0 Å². The number of carbonyl (C=O) groups is 1. The van der Waals surface area contributed by atoms with Crippen molar-refractivity contribution in [1.29, 1.82) is 0 Å². The average molecular weight is 190 g/mol. The maximum atomic E-state index is 10.9. The summed E-state index contributed by atoms with van der Waals surface area (Å²) >= 11 is 0. The summed E-state index contributed by atoms with van der Waals surface area (Å²) in [6.45, 7) is 0. The van der Waals surface area contributed by atoms with Crippen molar-refractivity contribution in [3.05, 3.63) is 24.3 Å². The number of nitrogens with one attached hydrogen (secondary N) is 1. The SMILES string of the molecule is NC(=O)c1[nH]cnc1-c1ccnnn1. The van der Waals surface area contributed by atoms with Gasteiger partial charge in [-0.3, -0.25) is 4.79 Å². The van der Waals surface area contributed by atoms with Crippen molar-refractivity contribution >= 4 is 5.91 Å². The largest absolute Gasteiger partial charge is 0.364 e. The van der Waals surface area contributed by atoms with Crippen LogP contribution < -0.4 is 5.73 Å². The molecule has 0 radical (unpaired) electrons. The summed E-state index contributed by atoms with van der Waals surface area (Å²) in [5, 5.41) is 10.7. The van der Waals surface area contributed by atoms with Gasteiger partial charge in [0.1, 0.15) is 17.1 Å². The molecule has 0 bridgehead atoms. The zero-order valence-corrected chi connectivity index (χ0v) is 7.01. The second kappa shape index (κ2) is 3.21. The molecule has 0 atom stereocenters. The van der Waals surface area contributed by atoms with E-state index in [0.29, 0.717) is 11.4 Å². The molecule has 0 fully saturated rings. The molecule has 0 aromatic carbocycles. The number of aromatic nitrogens is 5. The van der Waals surface area contributed by atoms with E-state index >= 15 is 0 Å². The summed E-state index contributed by atoms with van der Waals surface area (Å²) in [6.07, 6.45) is 2.83. The van der Waals surface area contributed by atoms with E-state index in [4.69, 9.17) is 5.73 Å². The van der Waals surface area contributed by atoms with Crippen molar-refractivity contribution in [2.45, 2.75) is 0 Å². The van der Waals surface area contributed by atoms with Crippen LogP contribution in [0.4, 0.5) is 0 Å². The van der Waals surface area contributed by atoms with Crippen molar-refractivity contribution < 1.29 is 4.79 Å². The molecule has 2 aromatic heterocycles. The van der Waals surface area contributed by atoms with Gasteiger partial charge in [0.05, 0.1) is 12.5 Å². The van der Waals surface area contributed by atoms with Crippen LogP contribution in [0.2, 0.25) is 0 Å². The van der Waals surface area contributed by atoms with Gasteiger partial charge in [0.2, 0.25) is 0 Å². The molecule has 0 unspecified atom stereocenters. The fourth-order valence-electron chi connectivity index (χ4n) is 1.04. The normalized spacial score (nSPS) is 10.0. The second-order valence-electron chi connectivity index (χ2n) is 2.50. The van der Waals surface area contributed by atoms with Gasteiger partial charge >= 0.3 is 0 Å². The number of nitrogens with zero attached hydrogens (tertiary/aromatic N) is 4. The maximum Gasteiger partial charge on any atom is 0.267 e. The van der Waals surface area contributed by atoms with E-state index in [-0.39, 0.29) is 5.69 Å². The summed E-state index contributed by atoms with van der Waals surface area (Å²) in [7, 11) is 0. The zero-order valence-electron chi connectivity index (χ0n) is 7.01. The molecular formula is C7H6N6O. The van der Waals surface area contributed by atoms with Crippen molar-refractivity contribution in [1.82, 2.24) is 25.4 Å². The molecule has 0 saturated carbocycles. The van der Waals surface area contributed by atoms with E-state index in [1.54, 1.807) is 6.07 Å². The van der Waals surface area contributed by atoms with Crippen LogP contribution in [0.5, 0.6) is 0 Å². The van der Waals surface area contributed by atoms with Gasteiger partial charge in [-0.1, -0.05) is 0 Å². The van der Waals surface area contributed by atoms with Crippen LogP contribution in [0.15, 0.2) is 18.6 Å². The van der Waals surface area contributed by atoms with Crippen molar-refractivity contribution in [2.75, 3.05) is 0 Å². The Morgan fingerprint density at radius 3 is 3.00 bits per heavy atom. The first-order valence-corrected chi connectivity index (χ1v) is 3.77. The minimum absolute atomic E-state index is 0.213. The number of hydrogen-bond acceptors (Lipinski definition) is 5. The Hall–Kier alpha value is -2.31. The summed E-state index contributed by atoms with van der Waals surface area (Å²) in [5.74, 6) is -0.587. The van der Waals surface area contributed by atoms with Crippen molar-refractivity contribution in [3.8, 4) is 11.4 Å². The topological polar surface area (TPSA) is 110 Å². The second-order valence-corrected chi connectivity index (χ2v) is 2.50. The van der Waals surface area contributed by atoms with Gasteiger partial charge < -0.3 is 10.7 Å². The van der Waals surface area contributed by atoms with Gasteiger partial charge in [-0.25, -0.2) is 4.98 Å². The van der Waals surface area contributed by atoms with Gasteiger partial charge in [0.25, 0.3) is 5.91 Å². The number of rotatable bonds is 2. The number of hydrogen-bond donors (Lipinski definition) is 2. The summed E-state index contributed by atoms with van der Waals surface area (Å²) < 4.78 is 0. The Morgan fingerprint density at radius 1 is 1.50 bits per heavy atom. The first-order valence-electron chi connectivity index (χ1n) is 3.77. The van der Waals surface area contributed by atoms with Crippen molar-refractivity contribution in [2.24, 2.45) is 5.73 Å². The first-order chi connectivity index (χ1) is 6.79. The molecular weight excluding hydrogens is 184 g/mol. The number of imidazole rings is 1. The van der Waals surface area contributed by atoms with Crippen LogP contribution in [0.1, 0.15) is 10.5 Å². The fraction of sp³-hybridized carbons (Fsp3) is 0. The van der Waals surface area contributed by atoms with Gasteiger partial charge in [-0.15, -0.1) is 10.2 Å². The highest BCUT2D eigenvalue weighted by Gasteiger charge is 2.13. The molecule has 2 aromatic rings. The summed E-state index contributed by atoms with van der Waals surface area (Å²) in [5.41, 5.74) is 6.17. The van der Waals surface area contributed by atoms with E-state index in [9.17, 15) is 4.79 Å². The lowest BCUT2D eigenvalue weighted by Gasteiger charge is -1.95. The summed E-state index contributed by atoms with van der Waals surface area (Å²) in [4.78, 5) is 17.5. The van der Waals surface area contributed by atoms with E-state index < -0.39 is 5.91 Å². The molecule has 0 aliphatic rings. The molecule has 14 heavy (non-hydrogen) atoms. The van der Waals surface area contributed by atoms with E-state index in [0.717, 1.165) is 0 Å². The first kappa shape index (κ1) is 8.30. The monoisotopic (exact) mass is 190 g/mol. The molecule has 0 saturated heterocycles. The molecule has 2 heterocycles. The average Bonchev–Trinajstić information content (AvgIpc) is 2.67. The van der Waals surface area contributed by atoms with E-state index in [2.05, 4.69) is 25.4 Å². The number of carbonyl (C=O) groups excluding carboxylic acids is 1. The molecule has 70 valence electrons. The number of H-pyrrole nitrogens is 1. The molecule has 7 nitrogen and oxygen atoms in total. The highest BCUT2D eigenvalue weighted by Crippen LogP contribution is 2.15. The third-order valence-corrected chi connectivity index (χ3v) is 1.63. The third-order valence-electron chi connectivity index (χ3n) is 1.63. The lowest BCUT2D eigenvalue weighted by Crippen LogP contribution is -2.13. The van der Waals surface area contributed by atoms with Gasteiger partial charge in [-0.05, 0) is 11.3 Å².